The van der Waals surface area contributed by atoms with Crippen molar-refractivity contribution in [2.45, 2.75) is 39.0 Å². The van der Waals surface area contributed by atoms with Crippen LogP contribution < -0.4 is 0 Å². The lowest BCUT2D eigenvalue weighted by molar-refractivity contribution is -0.121. The molecule has 3 atom stereocenters. The summed E-state index contributed by atoms with van der Waals surface area (Å²) >= 11 is 0. The van der Waals surface area contributed by atoms with E-state index < -0.39 is 5.41 Å². The van der Waals surface area contributed by atoms with E-state index in [0.717, 1.165) is 28.8 Å². The minimum Gasteiger partial charge on any atom is -0.293 e. The topological polar surface area (TPSA) is 79.5 Å². The fourth-order valence-electron chi connectivity index (χ4n) is 5.49. The van der Waals surface area contributed by atoms with Crippen molar-refractivity contribution in [3.05, 3.63) is 77.0 Å². The van der Waals surface area contributed by atoms with Gasteiger partial charge in [-0.15, -0.1) is 0 Å². The SMILES string of the molecule is Cc1cnccc1-c1nc(-c2ccccc2F)c2c(n1)[C@]1(C)C=C(C#N)C(=O)[C@H](C)[C@H]1CC2. The molecule has 0 unspecified atom stereocenters. The van der Waals surface area contributed by atoms with E-state index in [1.165, 1.54) is 6.07 Å². The Balaban J connectivity index is 1.85. The number of carbonyl (C=O) groups is 1. The molecule has 2 aromatic heterocycles. The molecule has 0 bridgehead atoms. The van der Waals surface area contributed by atoms with Gasteiger partial charge in [-0.05, 0) is 49.4 Å². The van der Waals surface area contributed by atoms with Gasteiger partial charge in [0.2, 0.25) is 0 Å². The number of carbonyl (C=O) groups excluding carboxylic acids is 1. The van der Waals surface area contributed by atoms with Crippen LogP contribution in [0.5, 0.6) is 0 Å². The van der Waals surface area contributed by atoms with Gasteiger partial charge in [0.05, 0.1) is 17.0 Å². The number of halogens is 1. The summed E-state index contributed by atoms with van der Waals surface area (Å²) in [6.45, 7) is 5.87. The van der Waals surface area contributed by atoms with Gasteiger partial charge < -0.3 is 0 Å². The highest BCUT2D eigenvalue weighted by Gasteiger charge is 2.49. The van der Waals surface area contributed by atoms with Crippen molar-refractivity contribution in [2.75, 3.05) is 0 Å². The van der Waals surface area contributed by atoms with Crippen LogP contribution in [0.25, 0.3) is 22.6 Å². The number of hydrogen-bond donors (Lipinski definition) is 0. The van der Waals surface area contributed by atoms with Crippen LogP contribution in [0.1, 0.15) is 37.1 Å². The van der Waals surface area contributed by atoms with Crippen molar-refractivity contribution in [1.82, 2.24) is 15.0 Å². The number of pyridine rings is 1. The molecule has 6 heteroatoms. The Morgan fingerprint density at radius 3 is 2.70 bits per heavy atom. The largest absolute Gasteiger partial charge is 0.293 e. The second-order valence-electron chi connectivity index (χ2n) is 9.14. The number of benzene rings is 1. The summed E-state index contributed by atoms with van der Waals surface area (Å²) in [6, 6.07) is 10.6. The van der Waals surface area contributed by atoms with Crippen LogP contribution >= 0.6 is 0 Å². The number of fused-ring (bicyclic) bond motifs is 3. The van der Waals surface area contributed by atoms with Crippen molar-refractivity contribution >= 4 is 5.78 Å². The number of ketones is 1. The van der Waals surface area contributed by atoms with E-state index in [1.807, 2.05) is 26.8 Å². The Morgan fingerprint density at radius 1 is 1.18 bits per heavy atom. The second kappa shape index (κ2) is 7.70. The molecule has 0 spiro atoms. The molecule has 33 heavy (non-hydrogen) atoms. The van der Waals surface area contributed by atoms with Crippen molar-refractivity contribution in [3.8, 4) is 28.7 Å². The van der Waals surface area contributed by atoms with E-state index >= 15 is 0 Å². The summed E-state index contributed by atoms with van der Waals surface area (Å²) in [7, 11) is 0. The van der Waals surface area contributed by atoms with Crippen LogP contribution in [0.15, 0.2) is 54.4 Å². The van der Waals surface area contributed by atoms with Gasteiger partial charge in [0.1, 0.15) is 11.9 Å². The summed E-state index contributed by atoms with van der Waals surface area (Å²) in [5, 5.41) is 9.64. The average Bonchev–Trinajstić information content (AvgIpc) is 2.82. The zero-order valence-electron chi connectivity index (χ0n) is 18.8. The first kappa shape index (κ1) is 21.1. The van der Waals surface area contributed by atoms with Crippen molar-refractivity contribution in [1.29, 1.82) is 5.26 Å². The predicted octanol–water partition coefficient (Wildman–Crippen LogP) is 5.14. The minimum atomic E-state index is -0.634. The van der Waals surface area contributed by atoms with Gasteiger partial charge >= 0.3 is 0 Å². The van der Waals surface area contributed by atoms with E-state index in [-0.39, 0.29) is 29.0 Å². The van der Waals surface area contributed by atoms with E-state index in [2.05, 4.69) is 11.1 Å². The number of nitrogens with zero attached hydrogens (tertiary/aromatic N) is 4. The Labute approximate surface area is 192 Å². The van der Waals surface area contributed by atoms with Crippen molar-refractivity contribution < 1.29 is 9.18 Å². The van der Waals surface area contributed by atoms with Gasteiger partial charge in [-0.2, -0.15) is 5.26 Å². The maximum absolute atomic E-state index is 14.9. The van der Waals surface area contributed by atoms with E-state index in [4.69, 9.17) is 9.97 Å². The molecule has 0 fully saturated rings. The van der Waals surface area contributed by atoms with Crippen LogP contribution in [0, 0.1) is 35.9 Å². The lowest BCUT2D eigenvalue weighted by atomic mass is 9.57. The number of allylic oxidation sites excluding steroid dienone is 2. The Bertz CT molecular complexity index is 1370. The number of hydrogen-bond acceptors (Lipinski definition) is 5. The molecule has 0 aliphatic heterocycles. The molecule has 2 heterocycles. The maximum atomic E-state index is 14.9. The van der Waals surface area contributed by atoms with Gasteiger partial charge in [-0.1, -0.05) is 32.1 Å². The van der Waals surface area contributed by atoms with Crippen LogP contribution in [-0.4, -0.2) is 20.7 Å². The number of aryl methyl sites for hydroxylation is 1. The number of nitriles is 1. The quantitative estimate of drug-likeness (QED) is 0.553. The molecule has 0 saturated carbocycles. The number of rotatable bonds is 2. The molecule has 0 saturated heterocycles. The number of Topliss-reactive ketones (excluding diaryl/α,β-unsaturated/α-hetero) is 1. The molecular weight excluding hydrogens is 415 g/mol. The predicted molar refractivity (Wildman–Crippen MR) is 122 cm³/mol. The molecule has 0 radical (unpaired) electrons. The van der Waals surface area contributed by atoms with Crippen LogP contribution in [0.4, 0.5) is 4.39 Å². The van der Waals surface area contributed by atoms with Crippen molar-refractivity contribution in [3.63, 3.8) is 0 Å². The highest BCUT2D eigenvalue weighted by molar-refractivity contribution is 6.02. The standard InChI is InChI=1S/C27H23FN4O/c1-15-14-30-11-10-18(15)26-31-23(19-6-4-5-7-22(19)28)20-8-9-21-16(2)24(33)17(13-29)12-27(21,3)25(20)32-26/h4-7,10-12,14,16,21H,8-9H2,1-3H3/t16-,21-,27-/m1/s1. The smallest absolute Gasteiger partial charge is 0.176 e. The van der Waals surface area contributed by atoms with Gasteiger partial charge in [-0.3, -0.25) is 9.78 Å². The third-order valence-electron chi connectivity index (χ3n) is 7.23. The van der Waals surface area contributed by atoms with Crippen molar-refractivity contribution in [2.24, 2.45) is 11.8 Å². The lowest BCUT2D eigenvalue weighted by Gasteiger charge is -2.45. The molecule has 0 amide bonds. The monoisotopic (exact) mass is 438 g/mol. The van der Waals surface area contributed by atoms with Crippen LogP contribution in [0.2, 0.25) is 0 Å². The molecule has 2 aliphatic carbocycles. The van der Waals surface area contributed by atoms with Crippen LogP contribution in [0.3, 0.4) is 0 Å². The highest BCUT2D eigenvalue weighted by Crippen LogP contribution is 2.51. The van der Waals surface area contributed by atoms with Gasteiger partial charge in [0.15, 0.2) is 11.6 Å². The average molecular weight is 439 g/mol. The second-order valence-corrected chi connectivity index (χ2v) is 9.14. The van der Waals surface area contributed by atoms with E-state index in [1.54, 1.807) is 36.7 Å². The third-order valence-corrected chi connectivity index (χ3v) is 7.23. The molecule has 5 nitrogen and oxygen atoms in total. The molecule has 1 aromatic carbocycles. The maximum Gasteiger partial charge on any atom is 0.176 e. The molecular formula is C27H23FN4O. The molecule has 3 aromatic rings. The zero-order chi connectivity index (χ0) is 23.3. The molecule has 164 valence electrons. The Morgan fingerprint density at radius 2 is 1.97 bits per heavy atom. The fourth-order valence-corrected chi connectivity index (χ4v) is 5.49. The normalized spacial score (nSPS) is 23.8. The summed E-state index contributed by atoms with van der Waals surface area (Å²) in [5.74, 6) is -0.254. The summed E-state index contributed by atoms with van der Waals surface area (Å²) in [4.78, 5) is 26.8. The van der Waals surface area contributed by atoms with Gasteiger partial charge in [0, 0.05) is 40.4 Å². The van der Waals surface area contributed by atoms with Gasteiger partial charge in [0.25, 0.3) is 0 Å². The first-order valence-corrected chi connectivity index (χ1v) is 11.1. The Kier molecular flexibility index (Phi) is 4.93. The van der Waals surface area contributed by atoms with Gasteiger partial charge in [-0.25, -0.2) is 14.4 Å². The summed E-state index contributed by atoms with van der Waals surface area (Å²) in [5.41, 5.74) is 3.91. The lowest BCUT2D eigenvalue weighted by Crippen LogP contribution is -2.46. The summed E-state index contributed by atoms with van der Waals surface area (Å²) in [6.07, 6.45) is 6.60. The minimum absolute atomic E-state index is 0.00403. The summed E-state index contributed by atoms with van der Waals surface area (Å²) < 4.78 is 14.9. The molecule has 5 rings (SSSR count). The fraction of sp³-hybridized carbons (Fsp3) is 0.296. The highest BCUT2D eigenvalue weighted by atomic mass is 19.1. The molecule has 2 aliphatic rings. The van der Waals surface area contributed by atoms with E-state index in [9.17, 15) is 14.4 Å². The Hall–Kier alpha value is -3.72. The first-order chi connectivity index (χ1) is 15.8. The molecule has 0 N–H and O–H groups in total. The van der Waals surface area contributed by atoms with E-state index in [0.29, 0.717) is 23.5 Å². The van der Waals surface area contributed by atoms with Crippen LogP contribution in [-0.2, 0) is 16.6 Å². The third kappa shape index (κ3) is 3.19. The first-order valence-electron chi connectivity index (χ1n) is 11.1. The zero-order valence-corrected chi connectivity index (χ0v) is 18.8. The number of aromatic nitrogens is 3.